The molecule has 0 aliphatic heterocycles. The van der Waals surface area contributed by atoms with E-state index in [1.165, 1.54) is 17.5 Å². The van der Waals surface area contributed by atoms with Crippen LogP contribution in [0.1, 0.15) is 64.6 Å². The van der Waals surface area contributed by atoms with Crippen molar-refractivity contribution in [2.24, 2.45) is 0 Å². The first-order valence-electron chi connectivity index (χ1n) is 8.22. The highest BCUT2D eigenvalue weighted by molar-refractivity contribution is 7.99. The summed E-state index contributed by atoms with van der Waals surface area (Å²) in [4.78, 5) is 0. The summed E-state index contributed by atoms with van der Waals surface area (Å²) < 4.78 is 5.79. The van der Waals surface area contributed by atoms with Gasteiger partial charge in [0.2, 0.25) is 0 Å². The zero-order valence-corrected chi connectivity index (χ0v) is 15.1. The minimum atomic E-state index is 0.396. The van der Waals surface area contributed by atoms with Gasteiger partial charge in [0.1, 0.15) is 5.75 Å². The number of hydrogen-bond donors (Lipinski definition) is 1. The van der Waals surface area contributed by atoms with Crippen LogP contribution in [0.15, 0.2) is 18.2 Å². The summed E-state index contributed by atoms with van der Waals surface area (Å²) >= 11 is 2.01. The lowest BCUT2D eigenvalue weighted by molar-refractivity contribution is 0.337. The summed E-state index contributed by atoms with van der Waals surface area (Å²) in [7, 11) is 0. The topological polar surface area (TPSA) is 21.3 Å². The first kappa shape index (κ1) is 18.4. The summed E-state index contributed by atoms with van der Waals surface area (Å²) in [6.45, 7) is 12.8. The van der Waals surface area contributed by atoms with E-state index in [0.717, 1.165) is 31.1 Å². The van der Waals surface area contributed by atoms with Gasteiger partial charge in [-0.15, -0.1) is 0 Å². The normalized spacial score (nSPS) is 14.0. The molecule has 1 rings (SSSR count). The van der Waals surface area contributed by atoms with Crippen LogP contribution >= 0.6 is 11.8 Å². The molecule has 2 nitrogen and oxygen atoms in total. The van der Waals surface area contributed by atoms with Crippen molar-refractivity contribution in [3.63, 3.8) is 0 Å². The lowest BCUT2D eigenvalue weighted by Gasteiger charge is -2.18. The Bertz CT molecular complexity index is 408. The summed E-state index contributed by atoms with van der Waals surface area (Å²) in [5.74, 6) is 2.07. The predicted molar refractivity (Wildman–Crippen MR) is 95.4 cm³/mol. The maximum Gasteiger partial charge on any atom is 0.123 e. The fourth-order valence-corrected chi connectivity index (χ4v) is 3.03. The van der Waals surface area contributed by atoms with Crippen LogP contribution in [0.4, 0.5) is 0 Å². The molecule has 0 aromatic heterocycles. The van der Waals surface area contributed by atoms with Crippen molar-refractivity contribution in [2.75, 3.05) is 13.2 Å². The van der Waals surface area contributed by atoms with Crippen molar-refractivity contribution in [2.45, 2.75) is 64.5 Å². The highest BCUT2D eigenvalue weighted by atomic mass is 32.2. The standard InChI is InChI=1S/C18H31NOS/c1-6-11-19-15(5)16-9-10-18(20-8-3)17(12-16)13-21-14(4)7-2/h9-10,12,14-15,19H,6-8,11,13H2,1-5H3. The molecule has 0 aliphatic carbocycles. The van der Waals surface area contributed by atoms with Crippen LogP contribution in [0, 0.1) is 0 Å². The number of ether oxygens (including phenoxy) is 1. The Morgan fingerprint density at radius 2 is 1.95 bits per heavy atom. The van der Waals surface area contributed by atoms with Gasteiger partial charge in [0.05, 0.1) is 6.61 Å². The summed E-state index contributed by atoms with van der Waals surface area (Å²) in [6, 6.07) is 7.03. The molecule has 1 aromatic carbocycles. The van der Waals surface area contributed by atoms with Gasteiger partial charge in [-0.25, -0.2) is 0 Å². The summed E-state index contributed by atoms with van der Waals surface area (Å²) in [6.07, 6.45) is 2.38. The summed E-state index contributed by atoms with van der Waals surface area (Å²) in [5, 5.41) is 4.25. The van der Waals surface area contributed by atoms with Crippen LogP contribution < -0.4 is 10.1 Å². The smallest absolute Gasteiger partial charge is 0.123 e. The maximum absolute atomic E-state index is 5.79. The second-order valence-electron chi connectivity index (χ2n) is 5.51. The third kappa shape index (κ3) is 6.31. The highest BCUT2D eigenvalue weighted by Gasteiger charge is 2.11. The third-order valence-electron chi connectivity index (χ3n) is 3.68. The molecule has 21 heavy (non-hydrogen) atoms. The SMILES string of the molecule is CCCNC(C)c1ccc(OCC)c(CSC(C)CC)c1. The van der Waals surface area contributed by atoms with Gasteiger partial charge in [-0.2, -0.15) is 11.8 Å². The molecule has 0 saturated heterocycles. The van der Waals surface area contributed by atoms with Crippen molar-refractivity contribution in [1.82, 2.24) is 5.32 Å². The minimum Gasteiger partial charge on any atom is -0.494 e. The molecule has 120 valence electrons. The van der Waals surface area contributed by atoms with E-state index >= 15 is 0 Å². The number of thioether (sulfide) groups is 1. The molecule has 1 N–H and O–H groups in total. The van der Waals surface area contributed by atoms with Crippen molar-refractivity contribution in [3.8, 4) is 5.75 Å². The Balaban J connectivity index is 2.83. The first-order valence-corrected chi connectivity index (χ1v) is 9.27. The second kappa shape index (κ2) is 10.1. The minimum absolute atomic E-state index is 0.396. The van der Waals surface area contributed by atoms with Gasteiger partial charge in [0, 0.05) is 22.6 Å². The molecule has 2 atom stereocenters. The van der Waals surface area contributed by atoms with Gasteiger partial charge in [0.15, 0.2) is 0 Å². The lowest BCUT2D eigenvalue weighted by atomic mass is 10.0. The van der Waals surface area contributed by atoms with Crippen LogP contribution in [0.2, 0.25) is 0 Å². The predicted octanol–water partition coefficient (Wildman–Crippen LogP) is 5.18. The average Bonchev–Trinajstić information content (AvgIpc) is 2.51. The van der Waals surface area contributed by atoms with Crippen molar-refractivity contribution >= 4 is 11.8 Å². The quantitative estimate of drug-likeness (QED) is 0.643. The van der Waals surface area contributed by atoms with Crippen molar-refractivity contribution in [3.05, 3.63) is 29.3 Å². The Morgan fingerprint density at radius 1 is 1.19 bits per heavy atom. The molecule has 2 unspecified atom stereocenters. The van der Waals surface area contributed by atoms with Crippen molar-refractivity contribution in [1.29, 1.82) is 0 Å². The Kier molecular flexibility index (Phi) is 8.86. The van der Waals surface area contributed by atoms with Crippen LogP contribution in [0.25, 0.3) is 0 Å². The molecular formula is C18H31NOS. The molecule has 0 saturated carbocycles. The Hall–Kier alpha value is -0.670. The largest absolute Gasteiger partial charge is 0.494 e. The van der Waals surface area contributed by atoms with E-state index in [4.69, 9.17) is 4.74 Å². The Morgan fingerprint density at radius 3 is 2.57 bits per heavy atom. The first-order chi connectivity index (χ1) is 10.1. The lowest BCUT2D eigenvalue weighted by Crippen LogP contribution is -2.19. The molecule has 0 spiro atoms. The van der Waals surface area contributed by atoms with Crippen LogP contribution in [-0.4, -0.2) is 18.4 Å². The number of rotatable bonds is 10. The maximum atomic E-state index is 5.79. The average molecular weight is 310 g/mol. The van der Waals surface area contributed by atoms with Gasteiger partial charge in [-0.1, -0.05) is 26.8 Å². The zero-order chi connectivity index (χ0) is 15.7. The zero-order valence-electron chi connectivity index (χ0n) is 14.2. The molecule has 0 bridgehead atoms. The molecule has 1 aromatic rings. The van der Waals surface area contributed by atoms with E-state index in [9.17, 15) is 0 Å². The third-order valence-corrected chi connectivity index (χ3v) is 5.06. The highest BCUT2D eigenvalue weighted by Crippen LogP contribution is 2.29. The fourth-order valence-electron chi connectivity index (χ4n) is 2.11. The molecule has 0 amide bonds. The summed E-state index contributed by atoms with van der Waals surface area (Å²) in [5.41, 5.74) is 2.68. The van der Waals surface area contributed by atoms with Gasteiger partial charge in [-0.05, 0) is 50.9 Å². The van der Waals surface area contributed by atoms with Crippen molar-refractivity contribution < 1.29 is 4.74 Å². The van der Waals surface area contributed by atoms with Gasteiger partial charge < -0.3 is 10.1 Å². The van der Waals surface area contributed by atoms with Gasteiger partial charge >= 0.3 is 0 Å². The van der Waals surface area contributed by atoms with Crippen LogP contribution in [0.5, 0.6) is 5.75 Å². The molecule has 0 heterocycles. The monoisotopic (exact) mass is 309 g/mol. The van der Waals surface area contributed by atoms with E-state index < -0.39 is 0 Å². The molecule has 0 radical (unpaired) electrons. The van der Waals surface area contributed by atoms with Gasteiger partial charge in [0.25, 0.3) is 0 Å². The van der Waals surface area contributed by atoms with E-state index in [1.807, 2.05) is 18.7 Å². The van der Waals surface area contributed by atoms with E-state index in [2.05, 4.69) is 51.2 Å². The number of nitrogens with one attached hydrogen (secondary N) is 1. The molecular weight excluding hydrogens is 278 g/mol. The van der Waals surface area contributed by atoms with Crippen LogP contribution in [0.3, 0.4) is 0 Å². The second-order valence-corrected chi connectivity index (χ2v) is 6.93. The number of hydrogen-bond acceptors (Lipinski definition) is 3. The van der Waals surface area contributed by atoms with E-state index in [0.29, 0.717) is 11.3 Å². The van der Waals surface area contributed by atoms with Gasteiger partial charge in [-0.3, -0.25) is 0 Å². The Labute approximate surface area is 135 Å². The molecule has 0 fully saturated rings. The number of benzene rings is 1. The molecule has 3 heteroatoms. The van der Waals surface area contributed by atoms with E-state index in [-0.39, 0.29) is 0 Å². The van der Waals surface area contributed by atoms with E-state index in [1.54, 1.807) is 0 Å². The fraction of sp³-hybridized carbons (Fsp3) is 0.667. The molecule has 0 aliphatic rings. The van der Waals surface area contributed by atoms with Crippen LogP contribution in [-0.2, 0) is 5.75 Å².